The number of aryl methyl sites for hydroxylation is 1. The highest BCUT2D eigenvalue weighted by atomic mass is 16.1. The van der Waals surface area contributed by atoms with Crippen molar-refractivity contribution in [2.24, 2.45) is 0 Å². The molecule has 0 radical (unpaired) electrons. The highest BCUT2D eigenvalue weighted by molar-refractivity contribution is 5.92. The summed E-state index contributed by atoms with van der Waals surface area (Å²) in [6.07, 6.45) is 0.793. The predicted molar refractivity (Wildman–Crippen MR) is 53.1 cm³/mol. The minimum atomic E-state index is 0.579. The molecule has 0 unspecified atom stereocenters. The molecule has 68 valence electrons. The molecule has 0 bridgehead atoms. The molecule has 1 aromatic heterocycles. The summed E-state index contributed by atoms with van der Waals surface area (Å²) < 4.78 is 0. The summed E-state index contributed by atoms with van der Waals surface area (Å²) in [5.74, 6) is 0. The molecule has 3 heteroatoms. The van der Waals surface area contributed by atoms with Crippen LogP contribution in [0.2, 0.25) is 0 Å². The number of benzene rings is 1. The van der Waals surface area contributed by atoms with Crippen LogP contribution in [0.5, 0.6) is 0 Å². The van der Waals surface area contributed by atoms with Crippen molar-refractivity contribution >= 4 is 17.2 Å². The summed E-state index contributed by atoms with van der Waals surface area (Å²) >= 11 is 0. The van der Waals surface area contributed by atoms with Crippen molar-refractivity contribution in [3.8, 4) is 6.07 Å². The van der Waals surface area contributed by atoms with Crippen LogP contribution in [-0.4, -0.2) is 11.3 Å². The third-order valence-corrected chi connectivity index (χ3v) is 2.34. The maximum absolute atomic E-state index is 10.7. The van der Waals surface area contributed by atoms with Gasteiger partial charge in [0.25, 0.3) is 0 Å². The van der Waals surface area contributed by atoms with E-state index in [9.17, 15) is 4.79 Å². The van der Waals surface area contributed by atoms with Crippen LogP contribution < -0.4 is 0 Å². The maximum Gasteiger partial charge on any atom is 0.166 e. The van der Waals surface area contributed by atoms with Crippen LogP contribution in [0, 0.1) is 18.3 Å². The van der Waals surface area contributed by atoms with Crippen molar-refractivity contribution in [3.63, 3.8) is 0 Å². The quantitative estimate of drug-likeness (QED) is 0.690. The minimum absolute atomic E-state index is 0.579. The van der Waals surface area contributed by atoms with Crippen LogP contribution in [0.4, 0.5) is 0 Å². The highest BCUT2D eigenvalue weighted by Gasteiger charge is 2.06. The fourth-order valence-electron chi connectivity index (χ4n) is 1.53. The lowest BCUT2D eigenvalue weighted by Crippen LogP contribution is -1.80. The molecular formula is C11H8N2O. The lowest BCUT2D eigenvalue weighted by atomic mass is 10.1. The smallest absolute Gasteiger partial charge is 0.166 e. The Bertz CT molecular complexity index is 546. The van der Waals surface area contributed by atoms with Crippen molar-refractivity contribution in [1.29, 1.82) is 5.26 Å². The number of carbonyl (C=O) groups is 1. The lowest BCUT2D eigenvalue weighted by Gasteiger charge is -1.91. The third-order valence-electron chi connectivity index (χ3n) is 2.34. The highest BCUT2D eigenvalue weighted by Crippen LogP contribution is 2.21. The van der Waals surface area contributed by atoms with Gasteiger partial charge in [-0.25, -0.2) is 0 Å². The number of nitriles is 1. The molecule has 2 rings (SSSR count). The fraction of sp³-hybridized carbons (Fsp3) is 0.0909. The Hall–Kier alpha value is -2.08. The van der Waals surface area contributed by atoms with E-state index < -0.39 is 0 Å². The molecule has 2 aromatic rings. The number of aromatic nitrogens is 1. The van der Waals surface area contributed by atoms with Gasteiger partial charge >= 0.3 is 0 Å². The van der Waals surface area contributed by atoms with Crippen LogP contribution in [0.25, 0.3) is 10.9 Å². The van der Waals surface area contributed by atoms with Crippen LogP contribution in [0.3, 0.4) is 0 Å². The van der Waals surface area contributed by atoms with Crippen molar-refractivity contribution in [2.75, 3.05) is 0 Å². The van der Waals surface area contributed by atoms with E-state index in [1.54, 1.807) is 12.1 Å². The third kappa shape index (κ3) is 1.09. The molecule has 0 saturated carbocycles. The molecule has 0 spiro atoms. The van der Waals surface area contributed by atoms with Crippen LogP contribution >= 0.6 is 0 Å². The Labute approximate surface area is 81.0 Å². The van der Waals surface area contributed by atoms with E-state index in [1.807, 2.05) is 13.0 Å². The molecule has 1 aromatic carbocycles. The van der Waals surface area contributed by atoms with E-state index >= 15 is 0 Å². The van der Waals surface area contributed by atoms with Gasteiger partial charge in [-0.3, -0.25) is 4.79 Å². The Morgan fingerprint density at radius 2 is 2.29 bits per heavy atom. The summed E-state index contributed by atoms with van der Waals surface area (Å²) in [4.78, 5) is 13.6. The number of aldehydes is 1. The zero-order valence-corrected chi connectivity index (χ0v) is 7.66. The van der Waals surface area contributed by atoms with E-state index in [-0.39, 0.29) is 0 Å². The van der Waals surface area contributed by atoms with Gasteiger partial charge in [-0.1, -0.05) is 0 Å². The average molecular weight is 184 g/mol. The van der Waals surface area contributed by atoms with Crippen molar-refractivity contribution in [1.82, 2.24) is 4.98 Å². The molecule has 3 nitrogen and oxygen atoms in total. The predicted octanol–water partition coefficient (Wildman–Crippen LogP) is 2.16. The second-order valence-corrected chi connectivity index (χ2v) is 3.15. The largest absolute Gasteiger partial charge is 0.352 e. The van der Waals surface area contributed by atoms with Gasteiger partial charge in [0.2, 0.25) is 0 Å². The molecule has 0 atom stereocenters. The summed E-state index contributed by atoms with van der Waals surface area (Å²) in [6.45, 7) is 1.86. The number of hydrogen-bond donors (Lipinski definition) is 1. The molecule has 0 aliphatic heterocycles. The lowest BCUT2D eigenvalue weighted by molar-refractivity contribution is 0.111. The molecule has 1 heterocycles. The first-order valence-electron chi connectivity index (χ1n) is 4.24. The van der Waals surface area contributed by atoms with Crippen molar-refractivity contribution < 1.29 is 4.79 Å². The Kier molecular flexibility index (Phi) is 1.83. The van der Waals surface area contributed by atoms with Crippen LogP contribution in [0.1, 0.15) is 21.6 Å². The normalized spacial score (nSPS) is 10.0. The average Bonchev–Trinajstić information content (AvgIpc) is 2.55. The molecule has 0 fully saturated rings. The van der Waals surface area contributed by atoms with E-state index in [1.165, 1.54) is 0 Å². The van der Waals surface area contributed by atoms with Gasteiger partial charge in [-0.05, 0) is 30.7 Å². The number of nitrogens with zero attached hydrogens (tertiary/aromatic N) is 1. The molecule has 0 amide bonds. The first-order valence-corrected chi connectivity index (χ1v) is 4.24. The standard InChI is InChI=1S/C11H8N2O/c1-7-9-4-8(5-12)2-3-10(9)13-11(7)6-14/h2-4,6,13H,1H3. The number of fused-ring (bicyclic) bond motifs is 1. The van der Waals surface area contributed by atoms with Gasteiger partial charge in [0, 0.05) is 10.9 Å². The number of aromatic amines is 1. The monoisotopic (exact) mass is 184 g/mol. The van der Waals surface area contributed by atoms with Gasteiger partial charge in [-0.2, -0.15) is 5.26 Å². The first-order chi connectivity index (χ1) is 6.76. The molecule has 0 saturated heterocycles. The van der Waals surface area contributed by atoms with Crippen LogP contribution in [-0.2, 0) is 0 Å². The number of H-pyrrole nitrogens is 1. The molecule has 14 heavy (non-hydrogen) atoms. The van der Waals surface area contributed by atoms with Gasteiger partial charge in [-0.15, -0.1) is 0 Å². The van der Waals surface area contributed by atoms with Gasteiger partial charge in [0.05, 0.1) is 17.3 Å². The van der Waals surface area contributed by atoms with Crippen LogP contribution in [0.15, 0.2) is 18.2 Å². The Morgan fingerprint density at radius 1 is 1.50 bits per heavy atom. The summed E-state index contributed by atoms with van der Waals surface area (Å²) in [5, 5.41) is 9.66. The van der Waals surface area contributed by atoms with Gasteiger partial charge in [0.15, 0.2) is 6.29 Å². The second-order valence-electron chi connectivity index (χ2n) is 3.15. The van der Waals surface area contributed by atoms with E-state index in [2.05, 4.69) is 11.1 Å². The number of carbonyl (C=O) groups excluding carboxylic acids is 1. The van der Waals surface area contributed by atoms with E-state index in [0.717, 1.165) is 22.8 Å². The molecule has 0 aliphatic rings. The minimum Gasteiger partial charge on any atom is -0.352 e. The zero-order valence-electron chi connectivity index (χ0n) is 7.66. The van der Waals surface area contributed by atoms with Gasteiger partial charge in [0.1, 0.15) is 0 Å². The fourth-order valence-corrected chi connectivity index (χ4v) is 1.53. The SMILES string of the molecule is Cc1c(C=O)[nH]c2ccc(C#N)cc12. The first kappa shape index (κ1) is 8.52. The number of nitrogens with one attached hydrogen (secondary N) is 1. The molecule has 0 aliphatic carbocycles. The summed E-state index contributed by atoms with van der Waals surface area (Å²) in [7, 11) is 0. The second kappa shape index (κ2) is 3.00. The topological polar surface area (TPSA) is 56.6 Å². The van der Waals surface area contributed by atoms with E-state index in [4.69, 9.17) is 5.26 Å². The van der Waals surface area contributed by atoms with Crippen molar-refractivity contribution in [2.45, 2.75) is 6.92 Å². The Balaban J connectivity index is 2.82. The van der Waals surface area contributed by atoms with E-state index in [0.29, 0.717) is 11.3 Å². The number of hydrogen-bond acceptors (Lipinski definition) is 2. The molecular weight excluding hydrogens is 176 g/mol. The summed E-state index contributed by atoms with van der Waals surface area (Å²) in [5.41, 5.74) is 2.97. The zero-order chi connectivity index (χ0) is 10.1. The summed E-state index contributed by atoms with van der Waals surface area (Å²) in [6, 6.07) is 7.40. The van der Waals surface area contributed by atoms with Gasteiger partial charge < -0.3 is 4.98 Å². The van der Waals surface area contributed by atoms with Crippen molar-refractivity contribution in [3.05, 3.63) is 35.0 Å². The number of rotatable bonds is 1. The Morgan fingerprint density at radius 3 is 2.93 bits per heavy atom. The maximum atomic E-state index is 10.7. The molecule has 1 N–H and O–H groups in total.